The molecule has 2 bridgehead atoms. The summed E-state index contributed by atoms with van der Waals surface area (Å²) in [6, 6.07) is 45.7. The predicted octanol–water partition coefficient (Wildman–Crippen LogP) is 7.30. The van der Waals surface area contributed by atoms with Crippen molar-refractivity contribution in [2.45, 2.75) is 25.7 Å². The van der Waals surface area contributed by atoms with Crippen LogP contribution in [0.15, 0.2) is 121 Å². The minimum absolute atomic E-state index is 0.338. The summed E-state index contributed by atoms with van der Waals surface area (Å²) in [5.41, 5.74) is 0. The Kier molecular flexibility index (Phi) is 7.65. The van der Waals surface area contributed by atoms with Gasteiger partial charge in [-0.2, -0.15) is 0 Å². The zero-order valence-corrected chi connectivity index (χ0v) is 22.8. The van der Waals surface area contributed by atoms with Gasteiger partial charge in [-0.15, -0.1) is 0 Å². The number of fused-ring (bicyclic) bond motifs is 3. The second kappa shape index (κ2) is 11.4. The highest BCUT2D eigenvalue weighted by Crippen LogP contribution is 2.56. The number of hydrogen-bond acceptors (Lipinski definition) is 0. The topological polar surface area (TPSA) is 0 Å². The van der Waals surface area contributed by atoms with E-state index in [-0.39, 0.29) is 15.8 Å². The van der Waals surface area contributed by atoms with Crippen LogP contribution >= 0.6 is 15.8 Å². The van der Waals surface area contributed by atoms with Crippen LogP contribution in [0.4, 0.5) is 0 Å². The second-order valence-electron chi connectivity index (χ2n) is 10.6. The summed E-state index contributed by atoms with van der Waals surface area (Å²) in [6.07, 6.45) is 8.50. The van der Waals surface area contributed by atoms with Gasteiger partial charge in [0, 0.05) is 0 Å². The van der Waals surface area contributed by atoms with Gasteiger partial charge >= 0.3 is 0 Å². The first kappa shape index (κ1) is 24.1. The fraction of sp³-hybridized carbons (Fsp3) is 0.294. The van der Waals surface area contributed by atoms with Crippen LogP contribution in [0.2, 0.25) is 0 Å². The molecule has 0 aliphatic heterocycles. The molecule has 3 aliphatic carbocycles. The minimum atomic E-state index is -0.338. The van der Waals surface area contributed by atoms with Crippen molar-refractivity contribution in [1.82, 2.24) is 0 Å². The van der Waals surface area contributed by atoms with Crippen molar-refractivity contribution in [3.05, 3.63) is 121 Å². The summed E-state index contributed by atoms with van der Waals surface area (Å²) >= 11 is 0. The van der Waals surface area contributed by atoms with Crippen LogP contribution in [0.3, 0.4) is 0 Å². The van der Waals surface area contributed by atoms with E-state index in [0.29, 0.717) is 0 Å². The van der Waals surface area contributed by atoms with Gasteiger partial charge in [0.25, 0.3) is 0 Å². The molecule has 0 N–H and O–H groups in total. The van der Waals surface area contributed by atoms with Crippen LogP contribution < -0.4 is 21.2 Å². The summed E-state index contributed by atoms with van der Waals surface area (Å²) in [5.74, 6) is 3.48. The fourth-order valence-corrected chi connectivity index (χ4v) is 12.4. The lowest BCUT2D eigenvalue weighted by Gasteiger charge is -2.51. The Hall–Kier alpha value is -2.26. The van der Waals surface area contributed by atoms with Crippen LogP contribution in [-0.4, -0.2) is 12.3 Å². The van der Waals surface area contributed by atoms with Crippen LogP contribution in [0.25, 0.3) is 0 Å². The smallest absolute Gasteiger partial charge is 0.0195 e. The molecule has 2 unspecified atom stereocenters. The summed E-state index contributed by atoms with van der Waals surface area (Å²) in [6.45, 7) is 0. The van der Waals surface area contributed by atoms with Gasteiger partial charge in [0.2, 0.25) is 0 Å². The Morgan fingerprint density at radius 2 is 0.639 bits per heavy atom. The molecule has 0 saturated heterocycles. The maximum Gasteiger partial charge on any atom is -0.0195 e. The fourth-order valence-electron chi connectivity index (χ4n) is 6.84. The lowest BCUT2D eigenvalue weighted by Crippen LogP contribution is -2.44. The molecule has 0 spiro atoms. The van der Waals surface area contributed by atoms with Gasteiger partial charge in [0.15, 0.2) is 0 Å². The quantitative estimate of drug-likeness (QED) is 0.220. The van der Waals surface area contributed by atoms with E-state index in [1.165, 1.54) is 38.0 Å². The van der Waals surface area contributed by atoms with Gasteiger partial charge in [-0.1, -0.05) is 121 Å². The molecule has 0 nitrogen and oxygen atoms in total. The van der Waals surface area contributed by atoms with E-state index in [4.69, 9.17) is 0 Å². The third-order valence-corrected chi connectivity index (χ3v) is 13.9. The monoisotopic (exact) mass is 506 g/mol. The molecule has 36 heavy (non-hydrogen) atoms. The highest BCUT2D eigenvalue weighted by Gasteiger charge is 2.45. The Morgan fingerprint density at radius 3 is 0.889 bits per heavy atom. The molecule has 3 aliphatic rings. The number of benzene rings is 4. The molecule has 0 amide bonds. The molecule has 0 aromatic heterocycles. The van der Waals surface area contributed by atoms with E-state index >= 15 is 0 Å². The average molecular weight is 507 g/mol. The molecule has 3 fully saturated rings. The summed E-state index contributed by atoms with van der Waals surface area (Å²) in [5, 5.41) is 6.19. The van der Waals surface area contributed by atoms with Crippen LogP contribution in [0.1, 0.15) is 25.7 Å². The Bertz CT molecular complexity index is 1020. The minimum Gasteiger partial charge on any atom is -0.0622 e. The lowest BCUT2D eigenvalue weighted by molar-refractivity contribution is 0.0503. The van der Waals surface area contributed by atoms with Crippen LogP contribution in [-0.2, 0) is 0 Å². The Balaban J connectivity index is 1.35. The van der Waals surface area contributed by atoms with Gasteiger partial charge in [-0.3, -0.25) is 0 Å². The first-order valence-corrected chi connectivity index (χ1v) is 16.7. The largest absolute Gasteiger partial charge is 0.0622 e. The maximum atomic E-state index is 2.38. The van der Waals surface area contributed by atoms with Crippen molar-refractivity contribution in [1.29, 1.82) is 0 Å². The predicted molar refractivity (Wildman–Crippen MR) is 160 cm³/mol. The van der Waals surface area contributed by atoms with Gasteiger partial charge < -0.3 is 0 Å². The van der Waals surface area contributed by atoms with Crippen LogP contribution in [0.5, 0.6) is 0 Å². The summed E-state index contributed by atoms with van der Waals surface area (Å²) in [7, 11) is -0.677. The molecule has 3 saturated carbocycles. The average Bonchev–Trinajstić information content (AvgIpc) is 2.97. The molecule has 182 valence electrons. The maximum absolute atomic E-state index is 2.38. The third kappa shape index (κ3) is 5.23. The van der Waals surface area contributed by atoms with E-state index in [1.807, 2.05) is 0 Å². The highest BCUT2D eigenvalue weighted by atomic mass is 31.1. The van der Waals surface area contributed by atoms with E-state index in [2.05, 4.69) is 121 Å². The van der Waals surface area contributed by atoms with E-state index in [0.717, 1.165) is 23.7 Å². The molecule has 7 rings (SSSR count). The second-order valence-corrected chi connectivity index (χ2v) is 15.1. The van der Waals surface area contributed by atoms with E-state index in [1.54, 1.807) is 21.2 Å². The van der Waals surface area contributed by atoms with Crippen molar-refractivity contribution < 1.29 is 0 Å². The van der Waals surface area contributed by atoms with Crippen molar-refractivity contribution in [3.8, 4) is 0 Å². The molecular weight excluding hydrogens is 470 g/mol. The highest BCUT2D eigenvalue weighted by molar-refractivity contribution is 7.73. The molecule has 2 heteroatoms. The molecule has 4 aromatic rings. The lowest BCUT2D eigenvalue weighted by atomic mass is 9.60. The molecule has 2 atom stereocenters. The summed E-state index contributed by atoms with van der Waals surface area (Å²) in [4.78, 5) is 0. The molecule has 0 heterocycles. The van der Waals surface area contributed by atoms with Gasteiger partial charge in [0.1, 0.15) is 0 Å². The molecule has 4 aromatic carbocycles. The van der Waals surface area contributed by atoms with Crippen molar-refractivity contribution in [2.75, 3.05) is 12.3 Å². The van der Waals surface area contributed by atoms with E-state index in [9.17, 15) is 0 Å². The van der Waals surface area contributed by atoms with Crippen LogP contribution in [0, 0.1) is 23.7 Å². The standard InChI is InChI=1S/C34H36P2/c1-5-13-29(14-6-1)35(30-15-7-2-8-16-30)25-33-27-21-23-28(24-22-27)34(33)26-36(31-17-9-3-10-18-31)32-19-11-4-12-20-32/h1-20,27-28,33-34H,21-26H2. The zero-order chi connectivity index (χ0) is 24.2. The number of hydrogen-bond donors (Lipinski definition) is 0. The van der Waals surface area contributed by atoms with E-state index < -0.39 is 0 Å². The van der Waals surface area contributed by atoms with Gasteiger partial charge in [0.05, 0.1) is 0 Å². The third-order valence-electron chi connectivity index (χ3n) is 8.64. The molecule has 0 radical (unpaired) electrons. The number of rotatable bonds is 8. The zero-order valence-electron chi connectivity index (χ0n) is 21.0. The molecular formula is C34H36P2. The van der Waals surface area contributed by atoms with Crippen molar-refractivity contribution >= 4 is 37.1 Å². The van der Waals surface area contributed by atoms with Gasteiger partial charge in [-0.25, -0.2) is 0 Å². The Labute approximate surface area is 219 Å². The SMILES string of the molecule is c1ccc(P(CC2C3CCC(CC3)C2CP(c2ccccc2)c2ccccc2)c2ccccc2)cc1. The first-order valence-electron chi connectivity index (χ1n) is 13.6. The van der Waals surface area contributed by atoms with Crippen molar-refractivity contribution in [2.24, 2.45) is 23.7 Å². The van der Waals surface area contributed by atoms with Crippen molar-refractivity contribution in [3.63, 3.8) is 0 Å². The van der Waals surface area contributed by atoms with Gasteiger partial charge in [-0.05, 0) is 98.7 Å². The Morgan fingerprint density at radius 1 is 0.389 bits per heavy atom. The normalized spacial score (nSPS) is 23.3. The summed E-state index contributed by atoms with van der Waals surface area (Å²) < 4.78 is 0. The first-order chi connectivity index (χ1) is 17.9.